The predicted molar refractivity (Wildman–Crippen MR) is 78.6 cm³/mol. The molecule has 4 heteroatoms. The molecule has 110 valence electrons. The van der Waals surface area contributed by atoms with Crippen molar-refractivity contribution < 1.29 is 14.3 Å². The van der Waals surface area contributed by atoms with E-state index in [0.717, 1.165) is 4.90 Å². The molecule has 2 amide bonds. The summed E-state index contributed by atoms with van der Waals surface area (Å²) in [5, 5.41) is 0. The maximum atomic E-state index is 12.5. The molecule has 0 saturated heterocycles. The molecule has 1 rings (SSSR count). The maximum absolute atomic E-state index is 12.5. The Balaban J connectivity index is 3.09. The highest BCUT2D eigenvalue weighted by atomic mass is 16.6. The van der Waals surface area contributed by atoms with Crippen LogP contribution < -0.4 is 0 Å². The third-order valence-corrected chi connectivity index (χ3v) is 2.47. The molecule has 1 aromatic carbocycles. The molecular formula is C16H23NO3. The summed E-state index contributed by atoms with van der Waals surface area (Å²) in [5.74, 6) is -0.354. The van der Waals surface area contributed by atoms with Crippen LogP contribution in [0.5, 0.6) is 0 Å². The van der Waals surface area contributed by atoms with Gasteiger partial charge < -0.3 is 4.74 Å². The lowest BCUT2D eigenvalue weighted by molar-refractivity contribution is 0.00861. The Morgan fingerprint density at radius 3 is 1.85 bits per heavy atom. The van der Waals surface area contributed by atoms with E-state index in [2.05, 4.69) is 0 Å². The summed E-state index contributed by atoms with van der Waals surface area (Å²) in [7, 11) is 0. The van der Waals surface area contributed by atoms with Crippen molar-refractivity contribution in [2.24, 2.45) is 0 Å². The minimum Gasteiger partial charge on any atom is -0.443 e. The van der Waals surface area contributed by atoms with Crippen LogP contribution in [0.2, 0.25) is 0 Å². The Morgan fingerprint density at radius 1 is 0.950 bits per heavy atom. The first-order valence-electron chi connectivity index (χ1n) is 6.65. The number of imide groups is 1. The molecular weight excluding hydrogens is 254 g/mol. The largest absolute Gasteiger partial charge is 0.443 e. The first-order chi connectivity index (χ1) is 9.02. The number of hydrogen-bond donors (Lipinski definition) is 0. The maximum Gasteiger partial charge on any atom is 0.417 e. The standard InChI is InChI=1S/C16H23NO3/c1-15(2,3)17(14(19)20-16(4,5)6)13(18)12-10-8-7-9-11-12/h7-11H,1-6H3. The van der Waals surface area contributed by atoms with Crippen LogP contribution in [0.25, 0.3) is 0 Å². The zero-order chi connectivity index (χ0) is 15.6. The number of hydrogen-bond acceptors (Lipinski definition) is 3. The van der Waals surface area contributed by atoms with Gasteiger partial charge in [0.25, 0.3) is 5.91 Å². The lowest BCUT2D eigenvalue weighted by atomic mass is 10.0. The van der Waals surface area contributed by atoms with Crippen LogP contribution in [0.3, 0.4) is 0 Å². The molecule has 20 heavy (non-hydrogen) atoms. The second-order valence-electron chi connectivity index (χ2n) is 6.66. The number of amides is 2. The van der Waals surface area contributed by atoms with Gasteiger partial charge in [-0.1, -0.05) is 18.2 Å². The normalized spacial score (nSPS) is 11.9. The SMILES string of the molecule is CC(C)(C)OC(=O)N(C(=O)c1ccccc1)C(C)(C)C. The minimum absolute atomic E-state index is 0.354. The first kappa shape index (κ1) is 16.2. The molecule has 0 aliphatic rings. The van der Waals surface area contributed by atoms with Crippen molar-refractivity contribution in [1.82, 2.24) is 4.90 Å². The monoisotopic (exact) mass is 277 g/mol. The van der Waals surface area contributed by atoms with E-state index in [-0.39, 0.29) is 5.91 Å². The molecule has 0 radical (unpaired) electrons. The molecule has 0 N–H and O–H groups in total. The van der Waals surface area contributed by atoms with Gasteiger partial charge in [0.15, 0.2) is 0 Å². The van der Waals surface area contributed by atoms with Gasteiger partial charge in [0.1, 0.15) is 5.60 Å². The van der Waals surface area contributed by atoms with Crippen LogP contribution in [0, 0.1) is 0 Å². The van der Waals surface area contributed by atoms with Crippen molar-refractivity contribution in [3.05, 3.63) is 35.9 Å². The van der Waals surface area contributed by atoms with E-state index in [1.165, 1.54) is 0 Å². The summed E-state index contributed by atoms with van der Waals surface area (Å²) in [6, 6.07) is 8.73. The quantitative estimate of drug-likeness (QED) is 0.783. The van der Waals surface area contributed by atoms with Crippen molar-refractivity contribution in [3.63, 3.8) is 0 Å². The van der Waals surface area contributed by atoms with Crippen LogP contribution in [-0.2, 0) is 4.74 Å². The van der Waals surface area contributed by atoms with Gasteiger partial charge in [-0.15, -0.1) is 0 Å². The topological polar surface area (TPSA) is 46.6 Å². The second-order valence-corrected chi connectivity index (χ2v) is 6.66. The Hall–Kier alpha value is -1.84. The molecule has 0 spiro atoms. The highest BCUT2D eigenvalue weighted by molar-refractivity contribution is 6.03. The molecule has 0 unspecified atom stereocenters. The van der Waals surface area contributed by atoms with Gasteiger partial charge in [0.2, 0.25) is 0 Å². The number of rotatable bonds is 1. The van der Waals surface area contributed by atoms with Gasteiger partial charge in [-0.2, -0.15) is 0 Å². The zero-order valence-electron chi connectivity index (χ0n) is 13.1. The Bertz CT molecular complexity index is 481. The average Bonchev–Trinajstić information content (AvgIpc) is 2.25. The molecule has 0 aliphatic heterocycles. The lowest BCUT2D eigenvalue weighted by Crippen LogP contribution is -2.51. The molecule has 1 aromatic rings. The summed E-state index contributed by atoms with van der Waals surface area (Å²) in [5.41, 5.74) is -0.833. The highest BCUT2D eigenvalue weighted by Gasteiger charge is 2.36. The molecule has 0 aromatic heterocycles. The fraction of sp³-hybridized carbons (Fsp3) is 0.500. The van der Waals surface area contributed by atoms with Gasteiger partial charge in [0.05, 0.1) is 0 Å². The lowest BCUT2D eigenvalue weighted by Gasteiger charge is -2.35. The van der Waals surface area contributed by atoms with Gasteiger partial charge in [-0.25, -0.2) is 9.69 Å². The molecule has 4 nitrogen and oxygen atoms in total. The van der Waals surface area contributed by atoms with Crippen molar-refractivity contribution in [2.45, 2.75) is 52.7 Å². The summed E-state index contributed by atoms with van der Waals surface area (Å²) in [4.78, 5) is 26.0. The molecule has 0 saturated carbocycles. The average molecular weight is 277 g/mol. The van der Waals surface area contributed by atoms with E-state index in [9.17, 15) is 9.59 Å². The van der Waals surface area contributed by atoms with Crippen LogP contribution in [0.4, 0.5) is 4.79 Å². The van der Waals surface area contributed by atoms with Gasteiger partial charge in [-0.3, -0.25) is 4.79 Å². The van der Waals surface area contributed by atoms with E-state index in [0.29, 0.717) is 5.56 Å². The Morgan fingerprint density at radius 2 is 1.45 bits per heavy atom. The van der Waals surface area contributed by atoms with Crippen molar-refractivity contribution in [2.75, 3.05) is 0 Å². The van der Waals surface area contributed by atoms with Crippen LogP contribution in [-0.4, -0.2) is 28.0 Å². The van der Waals surface area contributed by atoms with Crippen LogP contribution in [0.15, 0.2) is 30.3 Å². The third kappa shape index (κ3) is 4.37. The molecule has 0 bridgehead atoms. The van der Waals surface area contributed by atoms with Gasteiger partial charge >= 0.3 is 6.09 Å². The predicted octanol–water partition coefficient (Wildman–Crippen LogP) is 3.86. The fourth-order valence-corrected chi connectivity index (χ4v) is 1.68. The summed E-state index contributed by atoms with van der Waals surface area (Å²) in [6.45, 7) is 10.7. The summed E-state index contributed by atoms with van der Waals surface area (Å²) < 4.78 is 5.34. The van der Waals surface area contributed by atoms with Crippen molar-refractivity contribution in [1.29, 1.82) is 0 Å². The van der Waals surface area contributed by atoms with Crippen molar-refractivity contribution >= 4 is 12.0 Å². The molecule has 0 fully saturated rings. The van der Waals surface area contributed by atoms with Gasteiger partial charge in [0, 0.05) is 11.1 Å². The summed E-state index contributed by atoms with van der Waals surface area (Å²) >= 11 is 0. The number of carbonyl (C=O) groups is 2. The van der Waals surface area contributed by atoms with Gasteiger partial charge in [-0.05, 0) is 53.7 Å². The van der Waals surface area contributed by atoms with E-state index < -0.39 is 17.2 Å². The fourth-order valence-electron chi connectivity index (χ4n) is 1.68. The zero-order valence-corrected chi connectivity index (χ0v) is 13.1. The first-order valence-corrected chi connectivity index (χ1v) is 6.65. The Kier molecular flexibility index (Phi) is 4.58. The number of nitrogens with zero attached hydrogens (tertiary/aromatic N) is 1. The third-order valence-electron chi connectivity index (χ3n) is 2.47. The smallest absolute Gasteiger partial charge is 0.417 e. The minimum atomic E-state index is -0.657. The highest BCUT2D eigenvalue weighted by Crippen LogP contribution is 2.21. The summed E-state index contributed by atoms with van der Waals surface area (Å²) in [6.07, 6.45) is -0.626. The van der Waals surface area contributed by atoms with E-state index in [1.807, 2.05) is 6.07 Å². The molecule has 0 heterocycles. The van der Waals surface area contributed by atoms with E-state index >= 15 is 0 Å². The number of benzene rings is 1. The van der Waals surface area contributed by atoms with E-state index in [1.54, 1.807) is 65.8 Å². The van der Waals surface area contributed by atoms with Crippen molar-refractivity contribution in [3.8, 4) is 0 Å². The van der Waals surface area contributed by atoms with Crippen LogP contribution >= 0.6 is 0 Å². The molecule has 0 atom stereocenters. The molecule has 0 aliphatic carbocycles. The number of ether oxygens (including phenoxy) is 1. The Labute approximate surface area is 120 Å². The second kappa shape index (κ2) is 5.65. The number of carbonyl (C=O) groups excluding carboxylic acids is 2. The van der Waals surface area contributed by atoms with E-state index in [4.69, 9.17) is 4.74 Å². The van der Waals surface area contributed by atoms with Crippen LogP contribution in [0.1, 0.15) is 51.9 Å².